The number of amides is 1. The molecule has 88 valence electrons. The van der Waals surface area contributed by atoms with E-state index < -0.39 is 0 Å². The highest BCUT2D eigenvalue weighted by molar-refractivity contribution is 9.10. The smallest absolute Gasteiger partial charge is 0.246 e. The first-order valence-corrected chi connectivity index (χ1v) is 5.98. The first kappa shape index (κ1) is 11.9. The minimum absolute atomic E-state index is 0.0841. The van der Waals surface area contributed by atoms with Crippen molar-refractivity contribution >= 4 is 27.5 Å². The zero-order chi connectivity index (χ0) is 12.3. The molecular formula is C12H12BrN3O. The summed E-state index contributed by atoms with van der Waals surface area (Å²) in [5.74, 6) is -0.0841. The molecule has 1 N–H and O–H groups in total. The second kappa shape index (κ2) is 5.14. The second-order valence-electron chi connectivity index (χ2n) is 3.69. The largest absolute Gasteiger partial charge is 0.324 e. The number of nitrogens with one attached hydrogen (secondary N) is 1. The van der Waals surface area contributed by atoms with E-state index in [1.54, 1.807) is 10.9 Å². The lowest BCUT2D eigenvalue weighted by molar-refractivity contribution is -0.116. The van der Waals surface area contributed by atoms with Crippen LogP contribution in [0.3, 0.4) is 0 Å². The van der Waals surface area contributed by atoms with Gasteiger partial charge in [-0.15, -0.1) is 0 Å². The molecule has 4 nitrogen and oxygen atoms in total. The molecule has 0 saturated heterocycles. The molecule has 0 atom stereocenters. The Labute approximate surface area is 108 Å². The van der Waals surface area contributed by atoms with E-state index in [4.69, 9.17) is 0 Å². The molecule has 2 aromatic rings. The van der Waals surface area contributed by atoms with Crippen LogP contribution in [0.15, 0.2) is 41.0 Å². The van der Waals surface area contributed by atoms with Gasteiger partial charge in [0.2, 0.25) is 5.91 Å². The van der Waals surface area contributed by atoms with Crippen LogP contribution in [0.2, 0.25) is 0 Å². The number of nitrogens with zero attached hydrogens (tertiary/aromatic N) is 2. The van der Waals surface area contributed by atoms with Crippen LogP contribution < -0.4 is 5.32 Å². The van der Waals surface area contributed by atoms with Crippen molar-refractivity contribution in [3.63, 3.8) is 0 Å². The Morgan fingerprint density at radius 1 is 1.35 bits per heavy atom. The number of rotatable bonds is 3. The van der Waals surface area contributed by atoms with E-state index in [1.807, 2.05) is 37.3 Å². The SMILES string of the molecule is Cc1ccnn1CC(=O)Nc1ccc(Br)cc1. The Hall–Kier alpha value is -1.62. The van der Waals surface area contributed by atoms with Crippen molar-refractivity contribution in [2.45, 2.75) is 13.5 Å². The Morgan fingerprint density at radius 3 is 2.65 bits per heavy atom. The van der Waals surface area contributed by atoms with E-state index in [0.29, 0.717) is 0 Å². The zero-order valence-corrected chi connectivity index (χ0v) is 10.9. The molecule has 0 fully saturated rings. The first-order valence-electron chi connectivity index (χ1n) is 5.19. The lowest BCUT2D eigenvalue weighted by Gasteiger charge is -2.06. The van der Waals surface area contributed by atoms with Gasteiger partial charge in [0.15, 0.2) is 0 Å². The van der Waals surface area contributed by atoms with E-state index in [-0.39, 0.29) is 12.5 Å². The molecule has 0 radical (unpaired) electrons. The third-order valence-electron chi connectivity index (χ3n) is 2.35. The molecule has 0 aliphatic heterocycles. The third-order valence-corrected chi connectivity index (χ3v) is 2.88. The minimum atomic E-state index is -0.0841. The van der Waals surface area contributed by atoms with Gasteiger partial charge in [-0.05, 0) is 37.3 Å². The Bertz CT molecular complexity index is 519. The topological polar surface area (TPSA) is 46.9 Å². The van der Waals surface area contributed by atoms with Crippen molar-refractivity contribution in [3.8, 4) is 0 Å². The number of anilines is 1. The van der Waals surface area contributed by atoms with E-state index in [2.05, 4.69) is 26.3 Å². The summed E-state index contributed by atoms with van der Waals surface area (Å²) in [7, 11) is 0. The molecular weight excluding hydrogens is 282 g/mol. The average Bonchev–Trinajstić information content (AvgIpc) is 2.68. The summed E-state index contributed by atoms with van der Waals surface area (Å²) in [6, 6.07) is 9.33. The molecule has 0 bridgehead atoms. The fraction of sp³-hybridized carbons (Fsp3) is 0.167. The number of halogens is 1. The average molecular weight is 294 g/mol. The maximum Gasteiger partial charge on any atom is 0.246 e. The standard InChI is InChI=1S/C12H12BrN3O/c1-9-6-7-14-16(9)8-12(17)15-11-4-2-10(13)3-5-11/h2-7H,8H2,1H3,(H,15,17). The monoisotopic (exact) mass is 293 g/mol. The number of hydrogen-bond acceptors (Lipinski definition) is 2. The number of hydrogen-bond donors (Lipinski definition) is 1. The highest BCUT2D eigenvalue weighted by Crippen LogP contribution is 2.14. The van der Waals surface area contributed by atoms with Crippen LogP contribution in [0.25, 0.3) is 0 Å². The van der Waals surface area contributed by atoms with E-state index in [0.717, 1.165) is 15.9 Å². The fourth-order valence-corrected chi connectivity index (χ4v) is 1.70. The number of benzene rings is 1. The van der Waals surface area contributed by atoms with Crippen LogP contribution in [0.4, 0.5) is 5.69 Å². The van der Waals surface area contributed by atoms with Crippen molar-refractivity contribution in [1.29, 1.82) is 0 Å². The molecule has 0 spiro atoms. The van der Waals surface area contributed by atoms with Gasteiger partial charge >= 0.3 is 0 Å². The molecule has 0 unspecified atom stereocenters. The van der Waals surface area contributed by atoms with Crippen molar-refractivity contribution in [2.24, 2.45) is 0 Å². The quantitative estimate of drug-likeness (QED) is 0.945. The number of carbonyl (C=O) groups is 1. The molecule has 1 aromatic carbocycles. The Kier molecular flexibility index (Phi) is 3.58. The van der Waals surface area contributed by atoms with Gasteiger partial charge in [-0.2, -0.15) is 5.10 Å². The van der Waals surface area contributed by atoms with Crippen LogP contribution in [-0.2, 0) is 11.3 Å². The highest BCUT2D eigenvalue weighted by Gasteiger charge is 2.05. The predicted molar refractivity (Wildman–Crippen MR) is 69.7 cm³/mol. The summed E-state index contributed by atoms with van der Waals surface area (Å²) in [5.41, 5.74) is 1.75. The van der Waals surface area contributed by atoms with Crippen molar-refractivity contribution < 1.29 is 4.79 Å². The maximum absolute atomic E-state index is 11.7. The van der Waals surface area contributed by atoms with E-state index >= 15 is 0 Å². The fourth-order valence-electron chi connectivity index (χ4n) is 1.43. The summed E-state index contributed by atoms with van der Waals surface area (Å²) >= 11 is 3.34. The molecule has 5 heteroatoms. The van der Waals surface area contributed by atoms with Gasteiger partial charge in [0, 0.05) is 22.1 Å². The molecule has 0 saturated carbocycles. The number of carbonyl (C=O) groups excluding carboxylic acids is 1. The first-order chi connectivity index (χ1) is 8.15. The molecule has 1 amide bonds. The summed E-state index contributed by atoms with van der Waals surface area (Å²) < 4.78 is 2.65. The Morgan fingerprint density at radius 2 is 2.06 bits per heavy atom. The molecule has 17 heavy (non-hydrogen) atoms. The molecule has 0 aliphatic carbocycles. The normalized spacial score (nSPS) is 10.2. The summed E-state index contributed by atoms with van der Waals surface area (Å²) in [6.45, 7) is 2.15. The molecule has 2 rings (SSSR count). The second-order valence-corrected chi connectivity index (χ2v) is 4.60. The maximum atomic E-state index is 11.7. The van der Waals surface area contributed by atoms with E-state index in [9.17, 15) is 4.79 Å². The molecule has 1 heterocycles. The Balaban J connectivity index is 1.98. The van der Waals surface area contributed by atoms with E-state index in [1.165, 1.54) is 0 Å². The van der Waals surface area contributed by atoms with Crippen LogP contribution in [-0.4, -0.2) is 15.7 Å². The lowest BCUT2D eigenvalue weighted by Crippen LogP contribution is -2.20. The summed E-state index contributed by atoms with van der Waals surface area (Å²) in [4.78, 5) is 11.7. The highest BCUT2D eigenvalue weighted by atomic mass is 79.9. The zero-order valence-electron chi connectivity index (χ0n) is 9.35. The minimum Gasteiger partial charge on any atom is -0.324 e. The van der Waals surface area contributed by atoms with Gasteiger partial charge < -0.3 is 5.32 Å². The van der Waals surface area contributed by atoms with Crippen LogP contribution in [0.5, 0.6) is 0 Å². The van der Waals surface area contributed by atoms with Gasteiger partial charge in [-0.1, -0.05) is 15.9 Å². The summed E-state index contributed by atoms with van der Waals surface area (Å²) in [6.07, 6.45) is 1.68. The third kappa shape index (κ3) is 3.17. The van der Waals surface area contributed by atoms with Crippen molar-refractivity contribution in [3.05, 3.63) is 46.7 Å². The van der Waals surface area contributed by atoms with Gasteiger partial charge in [0.1, 0.15) is 6.54 Å². The predicted octanol–water partition coefficient (Wildman–Crippen LogP) is 2.59. The van der Waals surface area contributed by atoms with Crippen LogP contribution in [0, 0.1) is 6.92 Å². The van der Waals surface area contributed by atoms with Gasteiger partial charge in [0.25, 0.3) is 0 Å². The van der Waals surface area contributed by atoms with Crippen molar-refractivity contribution in [1.82, 2.24) is 9.78 Å². The number of aromatic nitrogens is 2. The molecule has 0 aliphatic rings. The lowest BCUT2D eigenvalue weighted by atomic mass is 10.3. The molecule has 1 aromatic heterocycles. The number of aryl methyl sites for hydroxylation is 1. The van der Waals surface area contributed by atoms with Gasteiger partial charge in [0.05, 0.1) is 0 Å². The van der Waals surface area contributed by atoms with Crippen molar-refractivity contribution in [2.75, 3.05) is 5.32 Å². The summed E-state index contributed by atoms with van der Waals surface area (Å²) in [5, 5.41) is 6.87. The van der Waals surface area contributed by atoms with Gasteiger partial charge in [-0.25, -0.2) is 0 Å². The van der Waals surface area contributed by atoms with Crippen LogP contribution in [0.1, 0.15) is 5.69 Å². The van der Waals surface area contributed by atoms with Crippen LogP contribution >= 0.6 is 15.9 Å². The van der Waals surface area contributed by atoms with Gasteiger partial charge in [-0.3, -0.25) is 9.48 Å².